The molecule has 0 spiro atoms. The lowest BCUT2D eigenvalue weighted by atomic mass is 9.94. The fourth-order valence-corrected chi connectivity index (χ4v) is 4.27. The molecule has 1 saturated carbocycles. The highest BCUT2D eigenvalue weighted by atomic mass is 16.7. The van der Waals surface area contributed by atoms with Gasteiger partial charge in [0.05, 0.1) is 5.41 Å². The molecule has 1 aromatic heterocycles. The molecular weight excluding hydrogens is 376 g/mol. The van der Waals surface area contributed by atoms with Gasteiger partial charge >= 0.3 is 0 Å². The summed E-state index contributed by atoms with van der Waals surface area (Å²) in [5.41, 5.74) is 4.61. The minimum absolute atomic E-state index is 0. The number of aromatic nitrogens is 1. The third kappa shape index (κ3) is 2.66. The van der Waals surface area contributed by atoms with Crippen molar-refractivity contribution in [3.8, 4) is 22.6 Å². The summed E-state index contributed by atoms with van der Waals surface area (Å²) in [5, 5.41) is 4.24. The predicted octanol–water partition coefficient (Wildman–Crippen LogP) is 5.48. The molecule has 0 saturated heterocycles. The zero-order valence-corrected chi connectivity index (χ0v) is 16.3. The van der Waals surface area contributed by atoms with Gasteiger partial charge in [0.25, 0.3) is 0 Å². The standard InChI is InChI=1S/C25H20N2O3.H2/c28-24(25(10-11-25)17-6-9-22-23(12-17)30-15-29-22)27-18-7-8-21-19(13-18)20(14-26-21)16-4-2-1-3-5-16;/h1-9,12-14,26H,10-11,15H2,(H,27,28);1H. The molecule has 150 valence electrons. The summed E-state index contributed by atoms with van der Waals surface area (Å²) < 4.78 is 10.9. The van der Waals surface area contributed by atoms with Gasteiger partial charge < -0.3 is 19.8 Å². The molecule has 30 heavy (non-hydrogen) atoms. The number of carbonyl (C=O) groups is 1. The normalized spacial score (nSPS) is 15.9. The molecule has 2 aliphatic rings. The minimum Gasteiger partial charge on any atom is -0.454 e. The van der Waals surface area contributed by atoms with Gasteiger partial charge in [-0.1, -0.05) is 36.4 Å². The monoisotopic (exact) mass is 398 g/mol. The number of hydrogen-bond donors (Lipinski definition) is 2. The Hall–Kier alpha value is -3.73. The number of carbonyl (C=O) groups excluding carboxylic acids is 1. The van der Waals surface area contributed by atoms with E-state index in [1.165, 1.54) is 0 Å². The first kappa shape index (κ1) is 17.2. The number of H-pyrrole nitrogens is 1. The summed E-state index contributed by atoms with van der Waals surface area (Å²) in [7, 11) is 0. The van der Waals surface area contributed by atoms with E-state index in [1.54, 1.807) is 0 Å². The molecule has 6 rings (SSSR count). The second kappa shape index (κ2) is 6.39. The van der Waals surface area contributed by atoms with Gasteiger partial charge in [0.1, 0.15) is 0 Å². The second-order valence-corrected chi connectivity index (χ2v) is 7.93. The highest BCUT2D eigenvalue weighted by molar-refractivity contribution is 6.04. The first-order valence-corrected chi connectivity index (χ1v) is 10.1. The zero-order valence-electron chi connectivity index (χ0n) is 16.3. The maximum atomic E-state index is 13.2. The quantitative estimate of drug-likeness (QED) is 0.478. The van der Waals surface area contributed by atoms with Crippen LogP contribution in [0, 0.1) is 0 Å². The van der Waals surface area contributed by atoms with E-state index in [4.69, 9.17) is 9.47 Å². The molecule has 4 aromatic rings. The number of nitrogens with one attached hydrogen (secondary N) is 2. The van der Waals surface area contributed by atoms with Crippen molar-refractivity contribution in [3.05, 3.63) is 78.5 Å². The molecule has 1 amide bonds. The Balaban J connectivity index is 0.00000204. The van der Waals surface area contributed by atoms with Gasteiger partial charge in [-0.05, 0) is 54.3 Å². The molecule has 1 aliphatic carbocycles. The fraction of sp³-hybridized carbons (Fsp3) is 0.160. The lowest BCUT2D eigenvalue weighted by Gasteiger charge is -2.16. The summed E-state index contributed by atoms with van der Waals surface area (Å²) in [4.78, 5) is 16.6. The van der Waals surface area contributed by atoms with E-state index in [1.807, 2.05) is 60.8 Å². The van der Waals surface area contributed by atoms with Gasteiger partial charge in [-0.3, -0.25) is 4.79 Å². The van der Waals surface area contributed by atoms with Gasteiger partial charge in [0.15, 0.2) is 11.5 Å². The van der Waals surface area contributed by atoms with E-state index >= 15 is 0 Å². The number of aromatic amines is 1. The van der Waals surface area contributed by atoms with Crippen LogP contribution < -0.4 is 14.8 Å². The highest BCUT2D eigenvalue weighted by Crippen LogP contribution is 2.51. The minimum atomic E-state index is -0.490. The Labute approximate surface area is 175 Å². The fourth-order valence-electron chi connectivity index (χ4n) is 4.27. The maximum absolute atomic E-state index is 13.2. The maximum Gasteiger partial charge on any atom is 0.235 e. The van der Waals surface area contributed by atoms with Crippen LogP contribution in [-0.2, 0) is 10.2 Å². The summed E-state index contributed by atoms with van der Waals surface area (Å²) in [5.74, 6) is 1.48. The van der Waals surface area contributed by atoms with E-state index < -0.39 is 5.41 Å². The van der Waals surface area contributed by atoms with Crippen LogP contribution in [0.5, 0.6) is 11.5 Å². The van der Waals surface area contributed by atoms with E-state index in [9.17, 15) is 4.79 Å². The molecule has 0 bridgehead atoms. The Morgan fingerprint density at radius 2 is 1.80 bits per heavy atom. The summed E-state index contributed by atoms with van der Waals surface area (Å²) in [6.45, 7) is 0.235. The van der Waals surface area contributed by atoms with Gasteiger partial charge in [0.2, 0.25) is 12.7 Å². The predicted molar refractivity (Wildman–Crippen MR) is 118 cm³/mol. The largest absolute Gasteiger partial charge is 0.454 e. The number of anilines is 1. The molecule has 2 heterocycles. The summed E-state index contributed by atoms with van der Waals surface area (Å²) in [6.07, 6.45) is 3.68. The van der Waals surface area contributed by atoms with Crippen molar-refractivity contribution in [1.82, 2.24) is 4.98 Å². The summed E-state index contributed by atoms with van der Waals surface area (Å²) >= 11 is 0. The average Bonchev–Trinajstić information content (AvgIpc) is 3.28. The van der Waals surface area contributed by atoms with Crippen LogP contribution >= 0.6 is 0 Å². The van der Waals surface area contributed by atoms with Gasteiger partial charge in [-0.2, -0.15) is 0 Å². The molecule has 0 radical (unpaired) electrons. The van der Waals surface area contributed by atoms with E-state index in [-0.39, 0.29) is 14.1 Å². The number of rotatable bonds is 4. The Bertz CT molecular complexity index is 1280. The Kier molecular flexibility index (Phi) is 3.65. The van der Waals surface area contributed by atoms with E-state index in [0.29, 0.717) is 5.75 Å². The zero-order chi connectivity index (χ0) is 20.1. The third-order valence-electron chi connectivity index (χ3n) is 6.13. The van der Waals surface area contributed by atoms with Gasteiger partial charge in [-0.15, -0.1) is 0 Å². The van der Waals surface area contributed by atoms with Crippen molar-refractivity contribution in [2.45, 2.75) is 18.3 Å². The average molecular weight is 398 g/mol. The molecule has 0 unspecified atom stereocenters. The molecule has 0 atom stereocenters. The van der Waals surface area contributed by atoms with Gasteiger partial charge in [0, 0.05) is 29.8 Å². The Morgan fingerprint density at radius 1 is 0.967 bits per heavy atom. The smallest absolute Gasteiger partial charge is 0.235 e. The van der Waals surface area contributed by atoms with Crippen molar-refractivity contribution in [1.29, 1.82) is 0 Å². The molecule has 2 N–H and O–H groups in total. The molecule has 5 heteroatoms. The van der Waals surface area contributed by atoms with Crippen LogP contribution in [0.25, 0.3) is 22.0 Å². The van der Waals surface area contributed by atoms with E-state index in [2.05, 4.69) is 22.4 Å². The van der Waals surface area contributed by atoms with Crippen LogP contribution in [0.1, 0.15) is 19.8 Å². The first-order chi connectivity index (χ1) is 14.7. The first-order valence-electron chi connectivity index (χ1n) is 10.1. The molecule has 3 aromatic carbocycles. The van der Waals surface area contributed by atoms with Crippen LogP contribution in [0.15, 0.2) is 72.9 Å². The van der Waals surface area contributed by atoms with E-state index in [0.717, 1.165) is 51.9 Å². The highest BCUT2D eigenvalue weighted by Gasteiger charge is 2.51. The molecule has 1 aliphatic heterocycles. The van der Waals surface area contributed by atoms with Crippen LogP contribution in [0.4, 0.5) is 5.69 Å². The second-order valence-electron chi connectivity index (χ2n) is 7.93. The van der Waals surface area contributed by atoms with Crippen molar-refractivity contribution < 1.29 is 15.7 Å². The number of hydrogen-bond acceptors (Lipinski definition) is 3. The molecule has 1 fully saturated rings. The van der Waals surface area contributed by atoms with Crippen LogP contribution in [0.2, 0.25) is 0 Å². The van der Waals surface area contributed by atoms with Crippen molar-refractivity contribution in [3.63, 3.8) is 0 Å². The van der Waals surface area contributed by atoms with Crippen LogP contribution in [0.3, 0.4) is 0 Å². The lowest BCUT2D eigenvalue weighted by Crippen LogP contribution is -2.27. The topological polar surface area (TPSA) is 63.4 Å². The molecular formula is C25H22N2O3. The third-order valence-corrected chi connectivity index (χ3v) is 6.13. The lowest BCUT2D eigenvalue weighted by molar-refractivity contribution is -0.118. The Morgan fingerprint density at radius 3 is 2.63 bits per heavy atom. The number of ether oxygens (including phenoxy) is 2. The van der Waals surface area contributed by atoms with Crippen LogP contribution in [-0.4, -0.2) is 17.7 Å². The summed E-state index contributed by atoms with van der Waals surface area (Å²) in [6, 6.07) is 22.1. The van der Waals surface area contributed by atoms with Crippen molar-refractivity contribution >= 4 is 22.5 Å². The number of fused-ring (bicyclic) bond motifs is 2. The van der Waals surface area contributed by atoms with Crippen molar-refractivity contribution in [2.75, 3.05) is 12.1 Å². The number of benzene rings is 3. The SMILES string of the molecule is O=C(Nc1ccc2[nH]cc(-c3ccccc3)c2c1)C1(c2ccc3c(c2)OCO3)CC1.[HH]. The molecule has 5 nitrogen and oxygen atoms in total. The van der Waals surface area contributed by atoms with Gasteiger partial charge in [-0.25, -0.2) is 0 Å². The van der Waals surface area contributed by atoms with Crippen molar-refractivity contribution in [2.24, 2.45) is 0 Å². The number of amides is 1.